The van der Waals surface area contributed by atoms with Crippen molar-refractivity contribution in [3.63, 3.8) is 0 Å². The number of thioether (sulfide) groups is 1. The number of carbonyl (C=O) groups excluding carboxylic acids is 1. The first-order valence-corrected chi connectivity index (χ1v) is 12.6. The summed E-state index contributed by atoms with van der Waals surface area (Å²) in [6, 6.07) is 12.8. The molecule has 2 aliphatic rings. The fourth-order valence-electron chi connectivity index (χ4n) is 4.10. The Balaban J connectivity index is 1.35. The normalized spacial score (nSPS) is 15.8. The largest absolute Gasteiger partial charge is 0.467 e. The number of nitrogens with zero attached hydrogens (tertiary/aromatic N) is 3. The van der Waals surface area contributed by atoms with E-state index in [0.29, 0.717) is 44.5 Å². The zero-order chi connectivity index (χ0) is 25.5. The van der Waals surface area contributed by atoms with Gasteiger partial charge in [-0.3, -0.25) is 18.9 Å². The third kappa shape index (κ3) is 4.47. The summed E-state index contributed by atoms with van der Waals surface area (Å²) in [6.45, 7) is 2.67. The summed E-state index contributed by atoms with van der Waals surface area (Å²) in [6.07, 6.45) is 4.87. The van der Waals surface area contributed by atoms with Crippen LogP contribution in [0.3, 0.4) is 0 Å². The number of nitrogens with one attached hydrogen (secondary N) is 1. The van der Waals surface area contributed by atoms with Gasteiger partial charge in [0.05, 0.1) is 29.8 Å². The maximum absolute atomic E-state index is 13.5. The van der Waals surface area contributed by atoms with Crippen LogP contribution in [0.5, 0.6) is 11.5 Å². The van der Waals surface area contributed by atoms with Crippen molar-refractivity contribution in [3.8, 4) is 11.5 Å². The summed E-state index contributed by atoms with van der Waals surface area (Å²) in [4.78, 5) is 33.4. The van der Waals surface area contributed by atoms with Crippen LogP contribution >= 0.6 is 24.0 Å². The van der Waals surface area contributed by atoms with Crippen LogP contribution < -0.4 is 20.3 Å². The highest BCUT2D eigenvalue weighted by Crippen LogP contribution is 2.36. The molecule has 9 nitrogen and oxygen atoms in total. The van der Waals surface area contributed by atoms with Gasteiger partial charge >= 0.3 is 0 Å². The number of benzene rings is 1. The number of fused-ring (bicyclic) bond motifs is 2. The number of thiocarbonyl (C=S) groups is 1. The topological polar surface area (TPSA) is 98.3 Å². The Morgan fingerprint density at radius 1 is 1.16 bits per heavy atom. The van der Waals surface area contributed by atoms with Crippen molar-refractivity contribution in [2.45, 2.75) is 20.0 Å². The number of hydrogen-bond acceptors (Lipinski definition) is 9. The van der Waals surface area contributed by atoms with E-state index >= 15 is 0 Å². The minimum absolute atomic E-state index is 0.174. The van der Waals surface area contributed by atoms with Crippen molar-refractivity contribution in [2.24, 2.45) is 0 Å². The number of aryl methyl sites for hydroxylation is 1. The summed E-state index contributed by atoms with van der Waals surface area (Å²) in [7, 11) is 0. The van der Waals surface area contributed by atoms with Gasteiger partial charge in [-0.05, 0) is 54.5 Å². The van der Waals surface area contributed by atoms with Crippen LogP contribution in [-0.2, 0) is 17.9 Å². The van der Waals surface area contributed by atoms with Gasteiger partial charge in [0.25, 0.3) is 11.5 Å². The summed E-state index contributed by atoms with van der Waals surface area (Å²) in [5, 5.41) is 3.18. The lowest BCUT2D eigenvalue weighted by Gasteiger charge is -2.14. The van der Waals surface area contributed by atoms with E-state index in [1.807, 2.05) is 37.3 Å². The standard InChI is InChI=1S/C26H20N4O5S2/c1-15-4-7-22-28-23(27-11-17-3-2-8-33-17)18(24(31)29(22)12-15)10-21-25(32)30(26(36)37-21)13-16-5-6-19-20(9-16)35-14-34-19/h2-10,12,27H,11,13-14H2,1H3. The van der Waals surface area contributed by atoms with Gasteiger partial charge in [-0.15, -0.1) is 0 Å². The highest BCUT2D eigenvalue weighted by molar-refractivity contribution is 8.26. The molecule has 1 aromatic carbocycles. The second-order valence-electron chi connectivity index (χ2n) is 8.50. The average Bonchev–Trinajstić information content (AvgIpc) is 3.63. The molecule has 5 heterocycles. The van der Waals surface area contributed by atoms with E-state index in [0.717, 1.165) is 22.9 Å². The van der Waals surface area contributed by atoms with Crippen molar-refractivity contribution >= 4 is 51.7 Å². The van der Waals surface area contributed by atoms with Gasteiger partial charge in [0.15, 0.2) is 11.5 Å². The Labute approximate surface area is 220 Å². The van der Waals surface area contributed by atoms with E-state index in [1.54, 1.807) is 30.7 Å². The van der Waals surface area contributed by atoms with Crippen molar-refractivity contribution in [2.75, 3.05) is 12.1 Å². The maximum Gasteiger partial charge on any atom is 0.267 e. The second kappa shape index (κ2) is 9.41. The third-order valence-electron chi connectivity index (χ3n) is 5.94. The lowest BCUT2D eigenvalue weighted by molar-refractivity contribution is -0.122. The Morgan fingerprint density at radius 2 is 2.03 bits per heavy atom. The molecule has 4 aromatic rings. The van der Waals surface area contributed by atoms with Crippen molar-refractivity contribution in [1.82, 2.24) is 14.3 Å². The van der Waals surface area contributed by atoms with Crippen molar-refractivity contribution < 1.29 is 18.7 Å². The zero-order valence-corrected chi connectivity index (χ0v) is 21.2. The molecule has 11 heteroatoms. The Kier molecular flexibility index (Phi) is 5.93. The van der Waals surface area contributed by atoms with Crippen molar-refractivity contribution in [1.29, 1.82) is 0 Å². The molecule has 2 aliphatic heterocycles. The molecule has 186 valence electrons. The van der Waals surface area contributed by atoms with Crippen LogP contribution in [-0.4, -0.2) is 31.3 Å². The average molecular weight is 533 g/mol. The molecule has 1 amide bonds. The molecule has 0 unspecified atom stereocenters. The Bertz CT molecular complexity index is 1640. The predicted octanol–water partition coefficient (Wildman–Crippen LogP) is 4.34. The van der Waals surface area contributed by atoms with Gasteiger partial charge in [0, 0.05) is 6.20 Å². The fourth-order valence-corrected chi connectivity index (χ4v) is 5.33. The molecule has 3 aromatic heterocycles. The predicted molar refractivity (Wildman–Crippen MR) is 144 cm³/mol. The number of carbonyl (C=O) groups is 1. The van der Waals surface area contributed by atoms with E-state index in [9.17, 15) is 9.59 Å². The van der Waals surface area contributed by atoms with Crippen molar-refractivity contribution in [3.05, 3.63) is 92.6 Å². The highest BCUT2D eigenvalue weighted by Gasteiger charge is 2.33. The van der Waals surface area contributed by atoms with E-state index < -0.39 is 0 Å². The number of furan rings is 1. The number of ether oxygens (including phenoxy) is 2. The first kappa shape index (κ1) is 23.3. The van der Waals surface area contributed by atoms with Gasteiger partial charge in [0.1, 0.15) is 21.5 Å². The number of hydrogen-bond donors (Lipinski definition) is 1. The molecule has 0 spiro atoms. The molecule has 0 bridgehead atoms. The first-order valence-electron chi connectivity index (χ1n) is 11.4. The molecule has 1 saturated heterocycles. The fraction of sp³-hybridized carbons (Fsp3) is 0.154. The number of aromatic nitrogens is 2. The third-order valence-corrected chi connectivity index (χ3v) is 7.32. The number of amides is 1. The number of anilines is 1. The van der Waals surface area contributed by atoms with E-state index in [2.05, 4.69) is 10.3 Å². The van der Waals surface area contributed by atoms with Crippen LogP contribution in [0, 0.1) is 6.92 Å². The Morgan fingerprint density at radius 3 is 2.86 bits per heavy atom. The van der Waals surface area contributed by atoms with Crippen LogP contribution in [0.15, 0.2) is 69.0 Å². The monoisotopic (exact) mass is 532 g/mol. The summed E-state index contributed by atoms with van der Waals surface area (Å²) in [5.41, 5.74) is 2.22. The highest BCUT2D eigenvalue weighted by atomic mass is 32.2. The number of rotatable bonds is 6. The summed E-state index contributed by atoms with van der Waals surface area (Å²) in [5.74, 6) is 2.07. The SMILES string of the molecule is Cc1ccc2nc(NCc3ccco3)c(C=C3SC(=S)N(Cc4ccc5c(c4)OCO5)C3=O)c(=O)n2c1. The lowest BCUT2D eigenvalue weighted by Crippen LogP contribution is -2.27. The molecule has 0 radical (unpaired) electrons. The Hall–Kier alpha value is -4.09. The van der Waals surface area contributed by atoms with Crippen LogP contribution in [0.4, 0.5) is 5.82 Å². The minimum atomic E-state index is -0.295. The molecule has 1 fully saturated rings. The second-order valence-corrected chi connectivity index (χ2v) is 10.2. The van der Waals surface area contributed by atoms with E-state index in [1.165, 1.54) is 9.30 Å². The molecule has 6 rings (SSSR count). The molecule has 0 aliphatic carbocycles. The molecule has 0 saturated carbocycles. The van der Waals surface area contributed by atoms with Gasteiger partial charge < -0.3 is 19.2 Å². The summed E-state index contributed by atoms with van der Waals surface area (Å²) < 4.78 is 18.1. The zero-order valence-electron chi connectivity index (χ0n) is 19.6. The van der Waals surface area contributed by atoms with Crippen LogP contribution in [0.25, 0.3) is 11.7 Å². The number of pyridine rings is 1. The van der Waals surface area contributed by atoms with Crippen LogP contribution in [0.2, 0.25) is 0 Å². The summed E-state index contributed by atoms with van der Waals surface area (Å²) >= 11 is 6.67. The van der Waals surface area contributed by atoms with Crippen LogP contribution in [0.1, 0.15) is 22.5 Å². The maximum atomic E-state index is 13.5. The van der Waals surface area contributed by atoms with Gasteiger partial charge in [-0.2, -0.15) is 0 Å². The molecule has 0 atom stereocenters. The molecule has 37 heavy (non-hydrogen) atoms. The minimum Gasteiger partial charge on any atom is -0.467 e. The quantitative estimate of drug-likeness (QED) is 0.287. The lowest BCUT2D eigenvalue weighted by atomic mass is 10.2. The molecular formula is C26H20N4O5S2. The van der Waals surface area contributed by atoms with Gasteiger partial charge in [-0.1, -0.05) is 36.1 Å². The molecule has 1 N–H and O–H groups in total. The van der Waals surface area contributed by atoms with E-state index in [4.69, 9.17) is 26.1 Å². The molecular weight excluding hydrogens is 512 g/mol. The smallest absolute Gasteiger partial charge is 0.267 e. The van der Waals surface area contributed by atoms with E-state index in [-0.39, 0.29) is 30.4 Å². The van der Waals surface area contributed by atoms with Gasteiger partial charge in [0.2, 0.25) is 6.79 Å². The first-order chi connectivity index (χ1) is 18.0. The van der Waals surface area contributed by atoms with Gasteiger partial charge in [-0.25, -0.2) is 4.98 Å².